The molecule has 0 spiro atoms. The first-order valence-electron chi connectivity index (χ1n) is 4.87. The summed E-state index contributed by atoms with van der Waals surface area (Å²) >= 11 is 0. The fourth-order valence-electron chi connectivity index (χ4n) is 1.32. The number of hydrogen-bond donors (Lipinski definition) is 1. The van der Waals surface area contributed by atoms with Crippen LogP contribution in [-0.4, -0.2) is 6.61 Å². The Bertz CT molecular complexity index is 323. The average Bonchev–Trinajstić information content (AvgIpc) is 2.92. The maximum atomic E-state index is 12.7. The molecule has 0 aliphatic heterocycles. The minimum absolute atomic E-state index is 0.298. The van der Waals surface area contributed by atoms with Crippen LogP contribution in [0.3, 0.4) is 0 Å². The van der Waals surface area contributed by atoms with Crippen LogP contribution in [0.25, 0.3) is 0 Å². The van der Waals surface area contributed by atoms with E-state index in [4.69, 9.17) is 10.5 Å². The number of ether oxygens (including phenoxy) is 1. The Morgan fingerprint density at radius 2 is 2.21 bits per heavy atom. The van der Waals surface area contributed by atoms with Gasteiger partial charge in [-0.25, -0.2) is 4.39 Å². The Morgan fingerprint density at radius 1 is 1.43 bits per heavy atom. The Kier molecular flexibility index (Phi) is 2.68. The highest BCUT2D eigenvalue weighted by molar-refractivity contribution is 5.46. The monoisotopic (exact) mass is 195 g/mol. The highest BCUT2D eigenvalue weighted by Crippen LogP contribution is 2.29. The SMILES string of the molecule is Nc1cc(F)ccc1COCC1CC1. The van der Waals surface area contributed by atoms with Crippen molar-refractivity contribution >= 4 is 5.69 Å². The molecule has 2 N–H and O–H groups in total. The Balaban J connectivity index is 1.87. The van der Waals surface area contributed by atoms with Crippen molar-refractivity contribution in [1.29, 1.82) is 0 Å². The minimum Gasteiger partial charge on any atom is -0.398 e. The zero-order chi connectivity index (χ0) is 9.97. The quantitative estimate of drug-likeness (QED) is 0.748. The van der Waals surface area contributed by atoms with Gasteiger partial charge < -0.3 is 10.5 Å². The molecule has 14 heavy (non-hydrogen) atoms. The lowest BCUT2D eigenvalue weighted by Gasteiger charge is -2.06. The molecule has 0 atom stereocenters. The molecule has 3 heteroatoms. The third kappa shape index (κ3) is 2.45. The highest BCUT2D eigenvalue weighted by atomic mass is 19.1. The molecule has 76 valence electrons. The van der Waals surface area contributed by atoms with Gasteiger partial charge in [-0.05, 0) is 30.9 Å². The van der Waals surface area contributed by atoms with Gasteiger partial charge in [0.2, 0.25) is 0 Å². The van der Waals surface area contributed by atoms with Crippen LogP contribution in [-0.2, 0) is 11.3 Å². The number of nitrogens with two attached hydrogens (primary N) is 1. The van der Waals surface area contributed by atoms with E-state index in [1.165, 1.54) is 25.0 Å². The molecule has 0 bridgehead atoms. The lowest BCUT2D eigenvalue weighted by Crippen LogP contribution is -2.00. The van der Waals surface area contributed by atoms with Gasteiger partial charge in [0.25, 0.3) is 0 Å². The van der Waals surface area contributed by atoms with E-state index >= 15 is 0 Å². The van der Waals surface area contributed by atoms with E-state index in [0.29, 0.717) is 12.3 Å². The number of rotatable bonds is 4. The molecule has 0 radical (unpaired) electrons. The van der Waals surface area contributed by atoms with Crippen LogP contribution in [0, 0.1) is 11.7 Å². The summed E-state index contributed by atoms with van der Waals surface area (Å²) in [6.07, 6.45) is 2.55. The summed E-state index contributed by atoms with van der Waals surface area (Å²) in [7, 11) is 0. The van der Waals surface area contributed by atoms with Crippen LogP contribution in [0.15, 0.2) is 18.2 Å². The Labute approximate surface area is 82.9 Å². The van der Waals surface area contributed by atoms with Crippen LogP contribution in [0.4, 0.5) is 10.1 Å². The summed E-state index contributed by atoms with van der Waals surface area (Å²) < 4.78 is 18.1. The topological polar surface area (TPSA) is 35.2 Å². The summed E-state index contributed by atoms with van der Waals surface area (Å²) in [6.45, 7) is 1.29. The van der Waals surface area contributed by atoms with Crippen LogP contribution in [0.5, 0.6) is 0 Å². The number of halogens is 1. The molecule has 1 aromatic carbocycles. The molecule has 0 saturated heterocycles. The fraction of sp³-hybridized carbons (Fsp3) is 0.455. The normalized spacial score (nSPS) is 15.8. The van der Waals surface area contributed by atoms with E-state index in [2.05, 4.69) is 0 Å². The lowest BCUT2D eigenvalue weighted by molar-refractivity contribution is 0.111. The van der Waals surface area contributed by atoms with E-state index in [0.717, 1.165) is 18.1 Å². The van der Waals surface area contributed by atoms with E-state index < -0.39 is 0 Å². The second kappa shape index (κ2) is 3.96. The Morgan fingerprint density at radius 3 is 2.86 bits per heavy atom. The molecule has 2 rings (SSSR count). The smallest absolute Gasteiger partial charge is 0.125 e. The van der Waals surface area contributed by atoms with Gasteiger partial charge in [0.05, 0.1) is 6.61 Å². The van der Waals surface area contributed by atoms with Gasteiger partial charge >= 0.3 is 0 Å². The molecule has 1 fully saturated rings. The molecule has 2 nitrogen and oxygen atoms in total. The van der Waals surface area contributed by atoms with Crippen molar-refractivity contribution in [2.24, 2.45) is 5.92 Å². The third-order valence-electron chi connectivity index (χ3n) is 2.42. The summed E-state index contributed by atoms with van der Waals surface area (Å²) in [4.78, 5) is 0. The van der Waals surface area contributed by atoms with Crippen LogP contribution in [0.1, 0.15) is 18.4 Å². The van der Waals surface area contributed by atoms with Gasteiger partial charge in [0, 0.05) is 17.9 Å². The van der Waals surface area contributed by atoms with Gasteiger partial charge in [-0.1, -0.05) is 6.07 Å². The fourth-order valence-corrected chi connectivity index (χ4v) is 1.32. The largest absolute Gasteiger partial charge is 0.398 e. The van der Waals surface area contributed by atoms with Gasteiger partial charge in [-0.15, -0.1) is 0 Å². The van der Waals surface area contributed by atoms with Crippen LogP contribution < -0.4 is 5.73 Å². The summed E-state index contributed by atoms with van der Waals surface area (Å²) in [5.41, 5.74) is 6.97. The standard InChI is InChI=1S/C11H14FNO/c12-10-4-3-9(11(13)5-10)7-14-6-8-1-2-8/h3-5,8H,1-2,6-7,13H2. The number of anilines is 1. The molecule has 1 aliphatic carbocycles. The maximum absolute atomic E-state index is 12.7. The zero-order valence-corrected chi connectivity index (χ0v) is 8.00. The van der Waals surface area contributed by atoms with Gasteiger partial charge in [-0.3, -0.25) is 0 Å². The molecule has 1 saturated carbocycles. The first kappa shape index (κ1) is 9.46. The summed E-state index contributed by atoms with van der Waals surface area (Å²) in [5.74, 6) is 0.449. The minimum atomic E-state index is -0.298. The van der Waals surface area contributed by atoms with Crippen molar-refractivity contribution in [3.63, 3.8) is 0 Å². The second-order valence-electron chi connectivity index (χ2n) is 3.80. The van der Waals surface area contributed by atoms with E-state index in [1.54, 1.807) is 6.07 Å². The van der Waals surface area contributed by atoms with Crippen molar-refractivity contribution in [1.82, 2.24) is 0 Å². The zero-order valence-electron chi connectivity index (χ0n) is 8.00. The van der Waals surface area contributed by atoms with Crippen molar-refractivity contribution < 1.29 is 9.13 Å². The first-order chi connectivity index (χ1) is 6.75. The van der Waals surface area contributed by atoms with Crippen molar-refractivity contribution in [3.05, 3.63) is 29.6 Å². The second-order valence-corrected chi connectivity index (χ2v) is 3.80. The number of hydrogen-bond acceptors (Lipinski definition) is 2. The molecule has 0 unspecified atom stereocenters. The van der Waals surface area contributed by atoms with Gasteiger partial charge in [0.1, 0.15) is 5.82 Å². The van der Waals surface area contributed by atoms with Crippen LogP contribution >= 0.6 is 0 Å². The molecule has 0 aromatic heterocycles. The average molecular weight is 195 g/mol. The van der Waals surface area contributed by atoms with Gasteiger partial charge in [-0.2, -0.15) is 0 Å². The van der Waals surface area contributed by atoms with E-state index in [1.807, 2.05) is 0 Å². The molecule has 0 heterocycles. The third-order valence-corrected chi connectivity index (χ3v) is 2.42. The molecular weight excluding hydrogens is 181 g/mol. The predicted molar refractivity (Wildman–Crippen MR) is 53.2 cm³/mol. The van der Waals surface area contributed by atoms with Crippen LogP contribution in [0.2, 0.25) is 0 Å². The van der Waals surface area contributed by atoms with Crippen molar-refractivity contribution in [2.75, 3.05) is 12.3 Å². The Hall–Kier alpha value is -1.09. The molecule has 1 aromatic rings. The molecule has 1 aliphatic rings. The maximum Gasteiger partial charge on any atom is 0.125 e. The first-order valence-corrected chi connectivity index (χ1v) is 4.87. The van der Waals surface area contributed by atoms with Gasteiger partial charge in [0.15, 0.2) is 0 Å². The van der Waals surface area contributed by atoms with Crippen molar-refractivity contribution in [2.45, 2.75) is 19.4 Å². The molecule has 0 amide bonds. The summed E-state index contributed by atoms with van der Waals surface area (Å²) in [5, 5.41) is 0. The summed E-state index contributed by atoms with van der Waals surface area (Å²) in [6, 6.07) is 4.42. The number of benzene rings is 1. The van der Waals surface area contributed by atoms with E-state index in [9.17, 15) is 4.39 Å². The van der Waals surface area contributed by atoms with Crippen molar-refractivity contribution in [3.8, 4) is 0 Å². The molecular formula is C11H14FNO. The lowest BCUT2D eigenvalue weighted by atomic mass is 10.2. The highest BCUT2D eigenvalue weighted by Gasteiger charge is 2.21. The van der Waals surface area contributed by atoms with E-state index in [-0.39, 0.29) is 5.82 Å². The predicted octanol–water partition coefficient (Wildman–Crippen LogP) is 2.33. The number of nitrogen functional groups attached to an aromatic ring is 1.